The standard InChI is InChI=1S/C14H20FNOS2/c1-10(16-8-12-9-18-5-6-19-12)11-3-4-14(17-2)13(15)7-11/h3-4,7,10,12,16H,5-6,8-9H2,1-2H3. The summed E-state index contributed by atoms with van der Waals surface area (Å²) < 4.78 is 18.6. The molecule has 0 aliphatic carbocycles. The normalized spacial score (nSPS) is 21.1. The van der Waals surface area contributed by atoms with Gasteiger partial charge in [-0.2, -0.15) is 23.5 Å². The number of hydrogen-bond acceptors (Lipinski definition) is 4. The van der Waals surface area contributed by atoms with Crippen molar-refractivity contribution in [2.75, 3.05) is 30.9 Å². The maximum absolute atomic E-state index is 13.6. The van der Waals surface area contributed by atoms with Crippen molar-refractivity contribution in [1.82, 2.24) is 5.32 Å². The van der Waals surface area contributed by atoms with Gasteiger partial charge in [0.2, 0.25) is 0 Å². The SMILES string of the molecule is COc1ccc(C(C)NCC2CSCCS2)cc1F. The first kappa shape index (κ1) is 15.0. The fourth-order valence-corrected chi connectivity index (χ4v) is 4.66. The summed E-state index contributed by atoms with van der Waals surface area (Å²) in [7, 11) is 1.48. The van der Waals surface area contributed by atoms with Crippen LogP contribution >= 0.6 is 23.5 Å². The highest BCUT2D eigenvalue weighted by atomic mass is 32.2. The summed E-state index contributed by atoms with van der Waals surface area (Å²) in [6, 6.07) is 5.32. The third-order valence-corrected chi connectivity index (χ3v) is 6.06. The van der Waals surface area contributed by atoms with Crippen molar-refractivity contribution in [2.24, 2.45) is 0 Å². The molecular weight excluding hydrogens is 281 g/mol. The van der Waals surface area contributed by atoms with Crippen LogP contribution in [0.2, 0.25) is 0 Å². The Morgan fingerprint density at radius 1 is 1.47 bits per heavy atom. The Hall–Kier alpha value is -0.390. The van der Waals surface area contributed by atoms with Gasteiger partial charge in [0, 0.05) is 35.1 Å². The number of ether oxygens (including phenoxy) is 1. The van der Waals surface area contributed by atoms with Crippen LogP contribution in [0.25, 0.3) is 0 Å². The zero-order valence-electron chi connectivity index (χ0n) is 11.3. The third-order valence-electron chi connectivity index (χ3n) is 3.21. The second-order valence-electron chi connectivity index (χ2n) is 4.59. The predicted molar refractivity (Wildman–Crippen MR) is 82.9 cm³/mol. The first-order valence-electron chi connectivity index (χ1n) is 6.47. The van der Waals surface area contributed by atoms with Gasteiger partial charge in [0.25, 0.3) is 0 Å². The lowest BCUT2D eigenvalue weighted by Gasteiger charge is -2.23. The third kappa shape index (κ3) is 4.29. The van der Waals surface area contributed by atoms with Crippen molar-refractivity contribution in [3.8, 4) is 5.75 Å². The second-order valence-corrected chi connectivity index (χ2v) is 7.15. The number of benzene rings is 1. The average molecular weight is 301 g/mol. The van der Waals surface area contributed by atoms with Crippen molar-refractivity contribution in [1.29, 1.82) is 0 Å². The van der Waals surface area contributed by atoms with Crippen molar-refractivity contribution >= 4 is 23.5 Å². The first-order chi connectivity index (χ1) is 9.20. The lowest BCUT2D eigenvalue weighted by molar-refractivity contribution is 0.385. The van der Waals surface area contributed by atoms with Crippen molar-refractivity contribution in [3.63, 3.8) is 0 Å². The highest BCUT2D eigenvalue weighted by Gasteiger charge is 2.16. The lowest BCUT2D eigenvalue weighted by Crippen LogP contribution is -2.30. The monoisotopic (exact) mass is 301 g/mol. The van der Waals surface area contributed by atoms with Crippen LogP contribution in [0.15, 0.2) is 18.2 Å². The molecule has 1 aromatic rings. The zero-order valence-corrected chi connectivity index (χ0v) is 13.0. The molecule has 1 aromatic carbocycles. The Morgan fingerprint density at radius 3 is 2.95 bits per heavy atom. The number of methoxy groups -OCH3 is 1. The van der Waals surface area contributed by atoms with Crippen LogP contribution < -0.4 is 10.1 Å². The van der Waals surface area contributed by atoms with E-state index in [-0.39, 0.29) is 11.9 Å². The maximum atomic E-state index is 13.6. The van der Waals surface area contributed by atoms with Crippen molar-refractivity contribution in [3.05, 3.63) is 29.6 Å². The van der Waals surface area contributed by atoms with E-state index < -0.39 is 0 Å². The molecular formula is C14H20FNOS2. The van der Waals surface area contributed by atoms with E-state index in [1.807, 2.05) is 29.6 Å². The van der Waals surface area contributed by atoms with E-state index in [0.717, 1.165) is 12.1 Å². The number of thioether (sulfide) groups is 2. The molecule has 0 bridgehead atoms. The summed E-state index contributed by atoms with van der Waals surface area (Å²) >= 11 is 4.05. The highest BCUT2D eigenvalue weighted by Crippen LogP contribution is 2.25. The summed E-state index contributed by atoms with van der Waals surface area (Å²) in [5.74, 6) is 3.72. The maximum Gasteiger partial charge on any atom is 0.165 e. The van der Waals surface area contributed by atoms with Gasteiger partial charge in [-0.15, -0.1) is 0 Å². The van der Waals surface area contributed by atoms with Gasteiger partial charge in [0.1, 0.15) is 0 Å². The molecule has 2 rings (SSSR count). The van der Waals surface area contributed by atoms with E-state index >= 15 is 0 Å². The number of nitrogens with one attached hydrogen (secondary N) is 1. The van der Waals surface area contributed by atoms with Gasteiger partial charge in [0.15, 0.2) is 11.6 Å². The minimum Gasteiger partial charge on any atom is -0.494 e. The Morgan fingerprint density at radius 2 is 2.32 bits per heavy atom. The van der Waals surface area contributed by atoms with Crippen LogP contribution in [0.4, 0.5) is 4.39 Å². The molecule has 0 radical (unpaired) electrons. The Kier molecular flexibility index (Phi) is 5.85. The van der Waals surface area contributed by atoms with Gasteiger partial charge in [0.05, 0.1) is 7.11 Å². The number of hydrogen-bond donors (Lipinski definition) is 1. The van der Waals surface area contributed by atoms with E-state index in [1.165, 1.54) is 24.4 Å². The van der Waals surface area contributed by atoms with Gasteiger partial charge in [-0.25, -0.2) is 4.39 Å². The molecule has 1 saturated heterocycles. The van der Waals surface area contributed by atoms with Gasteiger partial charge >= 0.3 is 0 Å². The summed E-state index contributed by atoms with van der Waals surface area (Å²) in [6.45, 7) is 3.05. The molecule has 1 heterocycles. The molecule has 0 amide bonds. The Balaban J connectivity index is 1.88. The first-order valence-corrected chi connectivity index (χ1v) is 8.67. The summed E-state index contributed by atoms with van der Waals surface area (Å²) in [5, 5.41) is 4.16. The molecule has 1 N–H and O–H groups in total. The Bertz CT molecular complexity index is 410. The van der Waals surface area contributed by atoms with E-state index in [2.05, 4.69) is 12.2 Å². The van der Waals surface area contributed by atoms with E-state index in [0.29, 0.717) is 11.0 Å². The summed E-state index contributed by atoms with van der Waals surface area (Å²) in [6.07, 6.45) is 0. The van der Waals surface area contributed by atoms with E-state index in [1.54, 1.807) is 12.1 Å². The number of rotatable bonds is 5. The second kappa shape index (κ2) is 7.41. The van der Waals surface area contributed by atoms with Gasteiger partial charge < -0.3 is 10.1 Å². The molecule has 0 aromatic heterocycles. The van der Waals surface area contributed by atoms with Crippen LogP contribution in [0, 0.1) is 5.82 Å². The van der Waals surface area contributed by atoms with Crippen molar-refractivity contribution < 1.29 is 9.13 Å². The molecule has 0 saturated carbocycles. The molecule has 1 aliphatic rings. The zero-order chi connectivity index (χ0) is 13.7. The minimum atomic E-state index is -0.295. The molecule has 5 heteroatoms. The van der Waals surface area contributed by atoms with Crippen LogP contribution in [0.3, 0.4) is 0 Å². The molecule has 2 unspecified atom stereocenters. The molecule has 1 aliphatic heterocycles. The largest absolute Gasteiger partial charge is 0.494 e. The van der Waals surface area contributed by atoms with Crippen LogP contribution in [0.5, 0.6) is 5.75 Å². The van der Waals surface area contributed by atoms with E-state index in [9.17, 15) is 4.39 Å². The van der Waals surface area contributed by atoms with Gasteiger partial charge in [-0.1, -0.05) is 6.07 Å². The predicted octanol–water partition coefficient (Wildman–Crippen LogP) is 3.33. The molecule has 19 heavy (non-hydrogen) atoms. The molecule has 2 atom stereocenters. The molecule has 106 valence electrons. The lowest BCUT2D eigenvalue weighted by atomic mass is 10.1. The van der Waals surface area contributed by atoms with Crippen LogP contribution in [-0.4, -0.2) is 36.2 Å². The Labute approximate surface area is 122 Å². The van der Waals surface area contributed by atoms with Crippen LogP contribution in [0.1, 0.15) is 18.5 Å². The van der Waals surface area contributed by atoms with Gasteiger partial charge in [-0.3, -0.25) is 0 Å². The smallest absolute Gasteiger partial charge is 0.165 e. The fourth-order valence-electron chi connectivity index (χ4n) is 2.03. The quantitative estimate of drug-likeness (QED) is 0.900. The fraction of sp³-hybridized carbons (Fsp3) is 0.571. The van der Waals surface area contributed by atoms with Crippen LogP contribution in [-0.2, 0) is 0 Å². The molecule has 0 spiro atoms. The summed E-state index contributed by atoms with van der Waals surface area (Å²) in [5.41, 5.74) is 0.965. The number of halogens is 1. The van der Waals surface area contributed by atoms with Gasteiger partial charge in [-0.05, 0) is 24.6 Å². The molecule has 1 fully saturated rings. The minimum absolute atomic E-state index is 0.160. The highest BCUT2D eigenvalue weighted by molar-refractivity contribution is 8.06. The van der Waals surface area contributed by atoms with E-state index in [4.69, 9.17) is 4.74 Å². The van der Waals surface area contributed by atoms with Crippen molar-refractivity contribution in [2.45, 2.75) is 18.2 Å². The summed E-state index contributed by atoms with van der Waals surface area (Å²) in [4.78, 5) is 0. The average Bonchev–Trinajstić information content (AvgIpc) is 2.45. The molecule has 2 nitrogen and oxygen atoms in total. The topological polar surface area (TPSA) is 21.3 Å².